The molecule has 0 amide bonds. The standard InChI is InChI=1S/C25H26FN3O/c1-17(30)24-14-23(19-5-7-20(26)8-6-19)22-9-4-18(13-25(22)27-24)15-28-11-12-29-10-2-3-21(29)16-28/h4-9,13-14,21H,2-3,10-12,15-16H2,1H3/t21-/m1/s1. The number of ketones is 1. The number of aromatic nitrogens is 1. The van der Waals surface area contributed by atoms with E-state index in [9.17, 15) is 9.18 Å². The highest BCUT2D eigenvalue weighted by Crippen LogP contribution is 2.30. The van der Waals surface area contributed by atoms with Gasteiger partial charge in [-0.05, 0) is 60.3 Å². The molecule has 0 bridgehead atoms. The molecule has 2 aromatic carbocycles. The van der Waals surface area contributed by atoms with Crippen LogP contribution in [-0.2, 0) is 6.54 Å². The number of carbonyl (C=O) groups is 1. The van der Waals surface area contributed by atoms with Gasteiger partial charge in [-0.3, -0.25) is 14.6 Å². The Labute approximate surface area is 176 Å². The Bertz CT molecular complexity index is 1100. The van der Waals surface area contributed by atoms with Crippen molar-refractivity contribution in [2.45, 2.75) is 32.4 Å². The van der Waals surface area contributed by atoms with Crippen LogP contribution in [0.5, 0.6) is 0 Å². The van der Waals surface area contributed by atoms with Crippen molar-refractivity contribution in [3.63, 3.8) is 0 Å². The third kappa shape index (κ3) is 3.75. The summed E-state index contributed by atoms with van der Waals surface area (Å²) in [6.07, 6.45) is 2.62. The summed E-state index contributed by atoms with van der Waals surface area (Å²) in [4.78, 5) is 21.9. The van der Waals surface area contributed by atoms with E-state index in [0.29, 0.717) is 11.7 Å². The predicted octanol–water partition coefficient (Wildman–Crippen LogP) is 4.52. The molecule has 0 spiro atoms. The Kier molecular flexibility index (Phi) is 5.09. The van der Waals surface area contributed by atoms with Gasteiger partial charge in [0.1, 0.15) is 11.5 Å². The lowest BCUT2D eigenvalue weighted by molar-refractivity contribution is 0.0994. The molecule has 5 rings (SSSR count). The number of nitrogens with zero attached hydrogens (tertiary/aromatic N) is 3. The predicted molar refractivity (Wildman–Crippen MR) is 117 cm³/mol. The molecule has 0 aliphatic carbocycles. The van der Waals surface area contributed by atoms with Crippen LogP contribution < -0.4 is 0 Å². The van der Waals surface area contributed by atoms with Crippen molar-refractivity contribution in [2.75, 3.05) is 26.2 Å². The Hall–Kier alpha value is -2.63. The molecule has 30 heavy (non-hydrogen) atoms. The molecule has 2 saturated heterocycles. The maximum absolute atomic E-state index is 13.4. The van der Waals surface area contributed by atoms with E-state index in [1.807, 2.05) is 6.07 Å². The highest BCUT2D eigenvalue weighted by atomic mass is 19.1. The van der Waals surface area contributed by atoms with E-state index in [4.69, 9.17) is 0 Å². The Morgan fingerprint density at radius 2 is 1.93 bits per heavy atom. The molecule has 154 valence electrons. The summed E-state index contributed by atoms with van der Waals surface area (Å²) < 4.78 is 13.4. The molecular weight excluding hydrogens is 377 g/mol. The van der Waals surface area contributed by atoms with E-state index in [-0.39, 0.29) is 11.6 Å². The summed E-state index contributed by atoms with van der Waals surface area (Å²) in [5.74, 6) is -0.337. The summed E-state index contributed by atoms with van der Waals surface area (Å²) in [5.41, 5.74) is 4.28. The number of rotatable bonds is 4. The lowest BCUT2D eigenvalue weighted by Gasteiger charge is -2.37. The molecule has 1 aromatic heterocycles. The molecule has 4 nitrogen and oxygen atoms in total. The van der Waals surface area contributed by atoms with E-state index in [0.717, 1.165) is 48.2 Å². The molecule has 3 aromatic rings. The first-order valence-electron chi connectivity index (χ1n) is 10.7. The summed E-state index contributed by atoms with van der Waals surface area (Å²) in [5, 5.41) is 0.982. The van der Waals surface area contributed by atoms with Crippen molar-refractivity contribution >= 4 is 16.7 Å². The fraction of sp³-hybridized carbons (Fsp3) is 0.360. The van der Waals surface area contributed by atoms with Crippen LogP contribution >= 0.6 is 0 Å². The molecule has 0 unspecified atom stereocenters. The van der Waals surface area contributed by atoms with Crippen LogP contribution in [0.15, 0.2) is 48.5 Å². The van der Waals surface area contributed by atoms with Gasteiger partial charge < -0.3 is 0 Å². The number of Topliss-reactive ketones (excluding diaryl/α,β-unsaturated/α-hetero) is 1. The molecule has 0 saturated carbocycles. The molecular formula is C25H26FN3O. The zero-order chi connectivity index (χ0) is 20.7. The number of carbonyl (C=O) groups excluding carboxylic acids is 1. The molecule has 0 radical (unpaired) electrons. The number of pyridine rings is 1. The van der Waals surface area contributed by atoms with Gasteiger partial charge in [0.15, 0.2) is 5.78 Å². The smallest absolute Gasteiger partial charge is 0.178 e. The Morgan fingerprint density at radius 1 is 1.10 bits per heavy atom. The van der Waals surface area contributed by atoms with E-state index in [1.54, 1.807) is 12.1 Å². The second kappa shape index (κ2) is 7.89. The van der Waals surface area contributed by atoms with Crippen molar-refractivity contribution in [2.24, 2.45) is 0 Å². The lowest BCUT2D eigenvalue weighted by atomic mass is 9.98. The van der Waals surface area contributed by atoms with Gasteiger partial charge in [0.2, 0.25) is 0 Å². The summed E-state index contributed by atoms with van der Waals surface area (Å²) in [6.45, 7) is 7.06. The maximum Gasteiger partial charge on any atom is 0.178 e. The van der Waals surface area contributed by atoms with Gasteiger partial charge in [-0.15, -0.1) is 0 Å². The number of fused-ring (bicyclic) bond motifs is 2. The van der Waals surface area contributed by atoms with Crippen molar-refractivity contribution in [1.29, 1.82) is 0 Å². The number of halogens is 1. The number of piperazine rings is 1. The van der Waals surface area contributed by atoms with Crippen LogP contribution in [-0.4, -0.2) is 52.8 Å². The van der Waals surface area contributed by atoms with Crippen LogP contribution in [0.1, 0.15) is 35.8 Å². The second-order valence-corrected chi connectivity index (χ2v) is 8.54. The molecule has 0 N–H and O–H groups in total. The first-order valence-corrected chi connectivity index (χ1v) is 10.7. The largest absolute Gasteiger partial charge is 0.298 e. The summed E-state index contributed by atoms with van der Waals surface area (Å²) in [6, 6.07) is 15.3. The number of benzene rings is 2. The van der Waals surface area contributed by atoms with E-state index >= 15 is 0 Å². The third-order valence-corrected chi connectivity index (χ3v) is 6.47. The van der Waals surface area contributed by atoms with E-state index in [2.05, 4.69) is 33.0 Å². The van der Waals surface area contributed by atoms with Crippen molar-refractivity contribution in [3.05, 3.63) is 65.6 Å². The van der Waals surface area contributed by atoms with Crippen LogP contribution in [0.4, 0.5) is 4.39 Å². The highest BCUT2D eigenvalue weighted by Gasteiger charge is 2.30. The molecule has 3 heterocycles. The van der Waals surface area contributed by atoms with Crippen LogP contribution in [0.2, 0.25) is 0 Å². The van der Waals surface area contributed by atoms with Gasteiger partial charge in [-0.25, -0.2) is 9.37 Å². The number of hydrogen-bond acceptors (Lipinski definition) is 4. The van der Waals surface area contributed by atoms with Crippen LogP contribution in [0.3, 0.4) is 0 Å². The van der Waals surface area contributed by atoms with Crippen LogP contribution in [0.25, 0.3) is 22.0 Å². The van der Waals surface area contributed by atoms with Crippen molar-refractivity contribution in [3.8, 4) is 11.1 Å². The van der Waals surface area contributed by atoms with Gasteiger partial charge >= 0.3 is 0 Å². The van der Waals surface area contributed by atoms with E-state index < -0.39 is 0 Å². The van der Waals surface area contributed by atoms with Crippen molar-refractivity contribution < 1.29 is 9.18 Å². The average molecular weight is 404 g/mol. The molecule has 1 atom stereocenters. The van der Waals surface area contributed by atoms with Gasteiger partial charge in [-0.2, -0.15) is 0 Å². The van der Waals surface area contributed by atoms with Gasteiger partial charge in [0.25, 0.3) is 0 Å². The molecule has 2 fully saturated rings. The fourth-order valence-corrected chi connectivity index (χ4v) is 4.88. The first kappa shape index (κ1) is 19.3. The molecule has 2 aliphatic heterocycles. The maximum atomic E-state index is 13.4. The quantitative estimate of drug-likeness (QED) is 0.600. The fourth-order valence-electron chi connectivity index (χ4n) is 4.88. The Balaban J connectivity index is 1.49. The van der Waals surface area contributed by atoms with Gasteiger partial charge in [-0.1, -0.05) is 24.3 Å². The molecule has 2 aliphatic rings. The normalized spacial score (nSPS) is 19.9. The highest BCUT2D eigenvalue weighted by molar-refractivity contribution is 6.01. The first-order chi connectivity index (χ1) is 14.6. The zero-order valence-electron chi connectivity index (χ0n) is 17.3. The zero-order valence-corrected chi connectivity index (χ0v) is 17.3. The van der Waals surface area contributed by atoms with E-state index in [1.165, 1.54) is 44.0 Å². The SMILES string of the molecule is CC(=O)c1cc(-c2ccc(F)cc2)c2ccc(CN3CCN4CCC[C@@H]4C3)cc2n1. The lowest BCUT2D eigenvalue weighted by Crippen LogP contribution is -2.49. The van der Waals surface area contributed by atoms with Crippen molar-refractivity contribution in [1.82, 2.24) is 14.8 Å². The van der Waals surface area contributed by atoms with Gasteiger partial charge in [0, 0.05) is 44.5 Å². The van der Waals surface area contributed by atoms with Crippen LogP contribution in [0, 0.1) is 5.82 Å². The minimum atomic E-state index is -0.270. The topological polar surface area (TPSA) is 36.4 Å². The third-order valence-electron chi connectivity index (χ3n) is 6.47. The minimum Gasteiger partial charge on any atom is -0.298 e. The van der Waals surface area contributed by atoms with Gasteiger partial charge in [0.05, 0.1) is 5.52 Å². The average Bonchev–Trinajstić information content (AvgIpc) is 3.21. The second-order valence-electron chi connectivity index (χ2n) is 8.54. The minimum absolute atomic E-state index is 0.0666. The molecule has 5 heteroatoms. The number of hydrogen-bond donors (Lipinski definition) is 0. The summed E-state index contributed by atoms with van der Waals surface area (Å²) >= 11 is 0. The monoisotopic (exact) mass is 403 g/mol. The Morgan fingerprint density at radius 3 is 2.73 bits per heavy atom. The summed E-state index contributed by atoms with van der Waals surface area (Å²) in [7, 11) is 0.